The average molecular weight is 415 g/mol. The Balaban J connectivity index is 1.52. The van der Waals surface area contributed by atoms with E-state index in [4.69, 9.17) is 19.3 Å². The number of rotatable bonds is 11. The van der Waals surface area contributed by atoms with Crippen LogP contribution >= 0.6 is 11.3 Å². The van der Waals surface area contributed by atoms with E-state index in [1.54, 1.807) is 24.0 Å². The number of aliphatic hydroxyl groups excluding tert-OH is 1. The lowest BCUT2D eigenvalue weighted by atomic mass is 10.1. The van der Waals surface area contributed by atoms with Gasteiger partial charge in [0.15, 0.2) is 11.5 Å². The molecule has 7 heteroatoms. The third-order valence-electron chi connectivity index (χ3n) is 4.44. The van der Waals surface area contributed by atoms with Gasteiger partial charge in [-0.2, -0.15) is 0 Å². The minimum Gasteiger partial charge on any atom is -0.493 e. The molecule has 3 aromatic rings. The smallest absolute Gasteiger partial charge is 0.161 e. The Morgan fingerprint density at radius 3 is 2.62 bits per heavy atom. The number of hydrogen-bond donors (Lipinski definition) is 2. The predicted molar refractivity (Wildman–Crippen MR) is 114 cm³/mol. The molecule has 154 valence electrons. The molecule has 0 aliphatic carbocycles. The van der Waals surface area contributed by atoms with Crippen LogP contribution in [0.25, 0.3) is 0 Å². The second kappa shape index (κ2) is 10.8. The Labute approximate surface area is 175 Å². The van der Waals surface area contributed by atoms with Crippen molar-refractivity contribution < 1.29 is 19.3 Å². The second-order valence-electron chi connectivity index (χ2n) is 6.50. The summed E-state index contributed by atoms with van der Waals surface area (Å²) in [7, 11) is 1.61. The molecule has 1 atom stereocenters. The third kappa shape index (κ3) is 6.19. The van der Waals surface area contributed by atoms with Crippen molar-refractivity contribution in [3.05, 3.63) is 70.2 Å². The molecule has 2 N–H and O–H groups in total. The maximum atomic E-state index is 8.92. The fraction of sp³-hybridized carbons (Fsp3) is 0.318. The lowest BCUT2D eigenvalue weighted by Crippen LogP contribution is -2.18. The molecule has 3 rings (SSSR count). The molecule has 0 aliphatic rings. The Kier molecular flexibility index (Phi) is 7.86. The zero-order valence-corrected chi connectivity index (χ0v) is 17.4. The van der Waals surface area contributed by atoms with Crippen LogP contribution in [0, 0.1) is 0 Å². The topological polar surface area (TPSA) is 72.8 Å². The first-order valence-electron chi connectivity index (χ1n) is 9.43. The van der Waals surface area contributed by atoms with E-state index in [1.165, 1.54) is 5.56 Å². The molecule has 0 radical (unpaired) electrons. The van der Waals surface area contributed by atoms with Crippen LogP contribution < -0.4 is 19.5 Å². The van der Waals surface area contributed by atoms with E-state index in [0.717, 1.165) is 23.6 Å². The highest BCUT2D eigenvalue weighted by Crippen LogP contribution is 2.30. The summed E-state index contributed by atoms with van der Waals surface area (Å²) in [6.07, 6.45) is 0. The molecule has 29 heavy (non-hydrogen) atoms. The summed E-state index contributed by atoms with van der Waals surface area (Å²) in [4.78, 5) is 4.21. The van der Waals surface area contributed by atoms with Gasteiger partial charge in [-0.1, -0.05) is 18.2 Å². The summed E-state index contributed by atoms with van der Waals surface area (Å²) in [6, 6.07) is 14.0. The summed E-state index contributed by atoms with van der Waals surface area (Å²) < 4.78 is 16.6. The molecule has 0 bridgehead atoms. The molecule has 0 spiro atoms. The van der Waals surface area contributed by atoms with E-state index in [0.29, 0.717) is 18.1 Å². The first-order valence-corrected chi connectivity index (χ1v) is 10.4. The molecule has 0 saturated heterocycles. The largest absolute Gasteiger partial charge is 0.493 e. The molecular weight excluding hydrogens is 388 g/mol. The number of hydrogen-bond acceptors (Lipinski definition) is 7. The summed E-state index contributed by atoms with van der Waals surface area (Å²) in [5, 5.41) is 14.4. The van der Waals surface area contributed by atoms with Crippen molar-refractivity contribution in [2.24, 2.45) is 0 Å². The van der Waals surface area contributed by atoms with E-state index in [-0.39, 0.29) is 19.3 Å². The maximum Gasteiger partial charge on any atom is 0.161 e. The SMILES string of the molecule is COc1cc([C@@H](C)NCc2ccc(OCc3cscn3)cc2)ccc1OCCO. The Morgan fingerprint density at radius 1 is 1.10 bits per heavy atom. The highest BCUT2D eigenvalue weighted by atomic mass is 32.1. The van der Waals surface area contributed by atoms with Crippen molar-refractivity contribution in [3.63, 3.8) is 0 Å². The van der Waals surface area contributed by atoms with Gasteiger partial charge in [0.2, 0.25) is 0 Å². The molecule has 0 aliphatic heterocycles. The maximum absolute atomic E-state index is 8.92. The molecule has 0 saturated carbocycles. The van der Waals surface area contributed by atoms with Crippen molar-refractivity contribution in [2.45, 2.75) is 26.1 Å². The first-order chi connectivity index (χ1) is 14.2. The molecule has 0 unspecified atom stereocenters. The van der Waals surface area contributed by atoms with Gasteiger partial charge in [-0.25, -0.2) is 4.98 Å². The molecule has 0 fully saturated rings. The lowest BCUT2D eigenvalue weighted by molar-refractivity contribution is 0.196. The fourth-order valence-corrected chi connectivity index (χ4v) is 3.33. The minimum absolute atomic E-state index is 0.0302. The Morgan fingerprint density at radius 2 is 1.93 bits per heavy atom. The standard InChI is InChI=1S/C22H26N2O4S/c1-16(18-5-8-21(27-10-9-25)22(11-18)26-2)23-12-17-3-6-20(7-4-17)28-13-19-14-29-15-24-19/h3-8,11,14-16,23,25H,9-10,12-13H2,1-2H3/t16-/m1/s1. The molecule has 1 aromatic heterocycles. The van der Waals surface area contributed by atoms with Gasteiger partial charge in [-0.15, -0.1) is 11.3 Å². The molecule has 6 nitrogen and oxygen atoms in total. The van der Waals surface area contributed by atoms with E-state index in [2.05, 4.69) is 29.4 Å². The molecule has 1 heterocycles. The number of nitrogens with zero attached hydrogens (tertiary/aromatic N) is 1. The number of thiazole rings is 1. The highest BCUT2D eigenvalue weighted by molar-refractivity contribution is 7.07. The van der Waals surface area contributed by atoms with Gasteiger partial charge in [0.05, 0.1) is 24.9 Å². The van der Waals surface area contributed by atoms with Crippen LogP contribution in [0.3, 0.4) is 0 Å². The third-order valence-corrected chi connectivity index (χ3v) is 5.08. The molecule has 0 amide bonds. The number of aromatic nitrogens is 1. The van der Waals surface area contributed by atoms with Gasteiger partial charge in [0.1, 0.15) is 19.0 Å². The second-order valence-corrected chi connectivity index (χ2v) is 7.22. The van der Waals surface area contributed by atoms with Gasteiger partial charge >= 0.3 is 0 Å². The quantitative estimate of drug-likeness (QED) is 0.495. The van der Waals surface area contributed by atoms with Crippen molar-refractivity contribution in [3.8, 4) is 17.2 Å². The monoisotopic (exact) mass is 414 g/mol. The van der Waals surface area contributed by atoms with Crippen molar-refractivity contribution in [2.75, 3.05) is 20.3 Å². The van der Waals surface area contributed by atoms with Gasteiger partial charge in [0, 0.05) is 18.0 Å². The van der Waals surface area contributed by atoms with Crippen molar-refractivity contribution in [1.29, 1.82) is 0 Å². The number of aliphatic hydroxyl groups is 1. The van der Waals surface area contributed by atoms with E-state index in [1.807, 2.05) is 35.7 Å². The van der Waals surface area contributed by atoms with E-state index < -0.39 is 0 Å². The van der Waals surface area contributed by atoms with Crippen LogP contribution in [0.4, 0.5) is 0 Å². The first kappa shape index (κ1) is 21.1. The summed E-state index contributed by atoms with van der Waals surface area (Å²) in [6.45, 7) is 3.54. The number of methoxy groups -OCH3 is 1. The molecule has 2 aromatic carbocycles. The lowest BCUT2D eigenvalue weighted by Gasteiger charge is -2.17. The number of nitrogens with one attached hydrogen (secondary N) is 1. The van der Waals surface area contributed by atoms with Crippen LogP contribution in [-0.2, 0) is 13.2 Å². The van der Waals surface area contributed by atoms with Crippen LogP contribution in [0.2, 0.25) is 0 Å². The zero-order chi connectivity index (χ0) is 20.5. The van der Waals surface area contributed by atoms with Crippen molar-refractivity contribution >= 4 is 11.3 Å². The summed E-state index contributed by atoms with van der Waals surface area (Å²) in [5.41, 5.74) is 5.02. The van der Waals surface area contributed by atoms with Crippen molar-refractivity contribution in [1.82, 2.24) is 10.3 Å². The van der Waals surface area contributed by atoms with Gasteiger partial charge < -0.3 is 24.6 Å². The number of benzene rings is 2. The van der Waals surface area contributed by atoms with Crippen LogP contribution in [0.1, 0.15) is 29.8 Å². The predicted octanol–water partition coefficient (Wildman–Crippen LogP) is 3.95. The zero-order valence-electron chi connectivity index (χ0n) is 16.6. The van der Waals surface area contributed by atoms with Crippen LogP contribution in [0.5, 0.6) is 17.2 Å². The van der Waals surface area contributed by atoms with E-state index >= 15 is 0 Å². The fourth-order valence-electron chi connectivity index (χ4n) is 2.79. The van der Waals surface area contributed by atoms with Crippen LogP contribution in [0.15, 0.2) is 53.4 Å². The van der Waals surface area contributed by atoms with Gasteiger partial charge in [-0.3, -0.25) is 0 Å². The normalized spacial score (nSPS) is 11.8. The Hall–Kier alpha value is -2.61. The average Bonchev–Trinajstić information content (AvgIpc) is 3.29. The number of ether oxygens (including phenoxy) is 3. The van der Waals surface area contributed by atoms with Gasteiger partial charge in [-0.05, 0) is 42.3 Å². The van der Waals surface area contributed by atoms with Crippen LogP contribution in [-0.4, -0.2) is 30.4 Å². The highest BCUT2D eigenvalue weighted by Gasteiger charge is 2.11. The minimum atomic E-state index is -0.0302. The van der Waals surface area contributed by atoms with Gasteiger partial charge in [0.25, 0.3) is 0 Å². The molecular formula is C22H26N2O4S. The Bertz CT molecular complexity index is 869. The summed E-state index contributed by atoms with van der Waals surface area (Å²) >= 11 is 1.57. The van der Waals surface area contributed by atoms with E-state index in [9.17, 15) is 0 Å². The summed E-state index contributed by atoms with van der Waals surface area (Å²) in [5.74, 6) is 2.12.